The van der Waals surface area contributed by atoms with Gasteiger partial charge < -0.3 is 9.64 Å². The van der Waals surface area contributed by atoms with Crippen LogP contribution in [0.2, 0.25) is 0 Å². The van der Waals surface area contributed by atoms with Gasteiger partial charge in [-0.05, 0) is 77.2 Å². The highest BCUT2D eigenvalue weighted by Crippen LogP contribution is 2.38. The van der Waals surface area contributed by atoms with Crippen molar-refractivity contribution < 1.29 is 4.74 Å². The Morgan fingerprint density at radius 1 is 1.03 bits per heavy atom. The highest BCUT2D eigenvalue weighted by atomic mass is 79.9. The summed E-state index contributed by atoms with van der Waals surface area (Å²) in [5, 5.41) is 0. The van der Waals surface area contributed by atoms with E-state index in [4.69, 9.17) is 4.74 Å². The average molecular weight is 450 g/mol. The third-order valence-corrected chi connectivity index (χ3v) is 5.66. The molecule has 0 aliphatic heterocycles. The summed E-state index contributed by atoms with van der Waals surface area (Å²) in [7, 11) is 1.70. The van der Waals surface area contributed by atoms with Gasteiger partial charge in [0, 0.05) is 11.0 Å². The van der Waals surface area contributed by atoms with E-state index >= 15 is 0 Å². The van der Waals surface area contributed by atoms with E-state index in [0.717, 1.165) is 28.8 Å². The standard InChI is InChI=1S/C26H28BrNO/c1-19(2)16-26(22-11-13-23(29-4)14-12-22)28(18-21-8-6-5-7-9-21)25-15-10-20(3)17-24(25)27/h5-15,17,26H,1,16,18H2,2-4H3. The second-order valence-electron chi connectivity index (χ2n) is 7.52. The minimum absolute atomic E-state index is 0.164. The Morgan fingerprint density at radius 3 is 2.31 bits per heavy atom. The van der Waals surface area contributed by atoms with Crippen molar-refractivity contribution in [3.63, 3.8) is 0 Å². The van der Waals surface area contributed by atoms with Crippen molar-refractivity contribution in [1.82, 2.24) is 0 Å². The van der Waals surface area contributed by atoms with E-state index in [1.165, 1.54) is 22.4 Å². The molecule has 0 aliphatic carbocycles. The van der Waals surface area contributed by atoms with Gasteiger partial charge in [0.2, 0.25) is 0 Å². The Labute approximate surface area is 183 Å². The van der Waals surface area contributed by atoms with Crippen molar-refractivity contribution in [3.05, 3.63) is 106 Å². The van der Waals surface area contributed by atoms with Crippen LogP contribution in [0.1, 0.15) is 36.1 Å². The van der Waals surface area contributed by atoms with Crippen molar-refractivity contribution in [2.24, 2.45) is 0 Å². The van der Waals surface area contributed by atoms with Gasteiger partial charge in [-0.25, -0.2) is 0 Å². The van der Waals surface area contributed by atoms with E-state index < -0.39 is 0 Å². The van der Waals surface area contributed by atoms with Gasteiger partial charge in [-0.3, -0.25) is 0 Å². The zero-order valence-corrected chi connectivity index (χ0v) is 18.9. The molecule has 0 N–H and O–H groups in total. The molecule has 3 aromatic rings. The largest absolute Gasteiger partial charge is 0.497 e. The molecule has 0 spiro atoms. The predicted octanol–water partition coefficient (Wildman–Crippen LogP) is 7.48. The third-order valence-electron chi connectivity index (χ3n) is 5.03. The first-order valence-electron chi connectivity index (χ1n) is 9.83. The first-order chi connectivity index (χ1) is 14.0. The van der Waals surface area contributed by atoms with Gasteiger partial charge in [-0.1, -0.05) is 54.1 Å². The monoisotopic (exact) mass is 449 g/mol. The highest BCUT2D eigenvalue weighted by molar-refractivity contribution is 9.10. The van der Waals surface area contributed by atoms with Gasteiger partial charge in [-0.15, -0.1) is 6.58 Å². The number of methoxy groups -OCH3 is 1. The summed E-state index contributed by atoms with van der Waals surface area (Å²) in [6, 6.07) is 25.7. The lowest BCUT2D eigenvalue weighted by molar-refractivity contribution is 0.414. The van der Waals surface area contributed by atoms with Crippen LogP contribution in [0.5, 0.6) is 5.75 Å². The van der Waals surface area contributed by atoms with Gasteiger partial charge in [0.25, 0.3) is 0 Å². The first-order valence-corrected chi connectivity index (χ1v) is 10.6. The van der Waals surface area contributed by atoms with Crippen LogP contribution in [-0.2, 0) is 6.54 Å². The molecule has 29 heavy (non-hydrogen) atoms. The topological polar surface area (TPSA) is 12.5 Å². The number of rotatable bonds is 8. The Bertz CT molecular complexity index is 950. The molecule has 3 rings (SSSR count). The summed E-state index contributed by atoms with van der Waals surface area (Å²) >= 11 is 3.81. The van der Waals surface area contributed by atoms with Crippen LogP contribution in [0.3, 0.4) is 0 Å². The number of hydrogen-bond acceptors (Lipinski definition) is 2. The fourth-order valence-electron chi connectivity index (χ4n) is 3.55. The lowest BCUT2D eigenvalue weighted by atomic mass is 9.97. The van der Waals surface area contributed by atoms with Gasteiger partial charge in [0.15, 0.2) is 0 Å². The lowest BCUT2D eigenvalue weighted by Crippen LogP contribution is -2.29. The first kappa shape index (κ1) is 21.2. The van der Waals surface area contributed by atoms with E-state index in [2.05, 4.69) is 102 Å². The molecule has 0 aromatic heterocycles. The SMILES string of the molecule is C=C(C)CC(c1ccc(OC)cc1)N(Cc1ccccc1)c1ccc(C)cc1Br. The fraction of sp³-hybridized carbons (Fsp3) is 0.231. The van der Waals surface area contributed by atoms with E-state index in [-0.39, 0.29) is 6.04 Å². The molecule has 150 valence electrons. The van der Waals surface area contributed by atoms with Crippen LogP contribution < -0.4 is 9.64 Å². The third kappa shape index (κ3) is 5.51. The van der Waals surface area contributed by atoms with Crippen molar-refractivity contribution in [1.29, 1.82) is 0 Å². The Hall–Kier alpha value is -2.52. The molecule has 0 radical (unpaired) electrons. The van der Waals surface area contributed by atoms with Crippen molar-refractivity contribution in [2.75, 3.05) is 12.0 Å². The zero-order valence-electron chi connectivity index (χ0n) is 17.4. The summed E-state index contributed by atoms with van der Waals surface area (Å²) < 4.78 is 6.47. The molecule has 0 saturated carbocycles. The van der Waals surface area contributed by atoms with Gasteiger partial charge >= 0.3 is 0 Å². The minimum Gasteiger partial charge on any atom is -0.497 e. The number of aryl methyl sites for hydroxylation is 1. The summed E-state index contributed by atoms with van der Waals surface area (Å²) in [6.45, 7) is 9.24. The summed E-state index contributed by atoms with van der Waals surface area (Å²) in [5.74, 6) is 0.869. The maximum atomic E-state index is 5.36. The number of ether oxygens (including phenoxy) is 1. The molecular formula is C26H28BrNO. The second kappa shape index (κ2) is 9.80. The molecule has 0 bridgehead atoms. The van der Waals surface area contributed by atoms with Crippen LogP contribution in [0.15, 0.2) is 89.4 Å². The molecule has 0 amide bonds. The van der Waals surface area contributed by atoms with Crippen molar-refractivity contribution >= 4 is 21.6 Å². The highest BCUT2D eigenvalue weighted by Gasteiger charge is 2.23. The van der Waals surface area contributed by atoms with Gasteiger partial charge in [0.1, 0.15) is 5.75 Å². The maximum absolute atomic E-state index is 5.36. The van der Waals surface area contributed by atoms with E-state index in [9.17, 15) is 0 Å². The van der Waals surface area contributed by atoms with Gasteiger partial charge in [-0.2, -0.15) is 0 Å². The zero-order chi connectivity index (χ0) is 20.8. The summed E-state index contributed by atoms with van der Waals surface area (Å²) in [5.41, 5.74) is 6.10. The van der Waals surface area contributed by atoms with E-state index in [0.29, 0.717) is 0 Å². The quantitative estimate of drug-likeness (QED) is 0.330. The average Bonchev–Trinajstić information content (AvgIpc) is 2.72. The molecule has 1 unspecified atom stereocenters. The molecule has 0 heterocycles. The van der Waals surface area contributed by atoms with Crippen molar-refractivity contribution in [3.8, 4) is 5.75 Å². The van der Waals surface area contributed by atoms with Crippen LogP contribution in [0.25, 0.3) is 0 Å². The van der Waals surface area contributed by atoms with E-state index in [1.807, 2.05) is 12.1 Å². The summed E-state index contributed by atoms with van der Waals surface area (Å²) in [4.78, 5) is 2.47. The fourth-order valence-corrected chi connectivity index (χ4v) is 4.27. The second-order valence-corrected chi connectivity index (χ2v) is 8.37. The molecule has 0 fully saturated rings. The Balaban J connectivity index is 2.08. The molecular weight excluding hydrogens is 422 g/mol. The minimum atomic E-state index is 0.164. The summed E-state index contributed by atoms with van der Waals surface area (Å²) in [6.07, 6.45) is 0.874. The van der Waals surface area contributed by atoms with Gasteiger partial charge in [0.05, 0.1) is 18.8 Å². The lowest BCUT2D eigenvalue weighted by Gasteiger charge is -2.35. The normalized spacial score (nSPS) is 11.7. The molecule has 3 aromatic carbocycles. The van der Waals surface area contributed by atoms with Crippen LogP contribution >= 0.6 is 15.9 Å². The van der Waals surface area contributed by atoms with Crippen LogP contribution in [0, 0.1) is 6.92 Å². The Morgan fingerprint density at radius 2 is 1.72 bits per heavy atom. The number of hydrogen-bond donors (Lipinski definition) is 0. The molecule has 0 aliphatic rings. The smallest absolute Gasteiger partial charge is 0.118 e. The maximum Gasteiger partial charge on any atom is 0.118 e. The molecule has 3 heteroatoms. The Kier molecular flexibility index (Phi) is 7.16. The van der Waals surface area contributed by atoms with Crippen LogP contribution in [-0.4, -0.2) is 7.11 Å². The molecule has 0 saturated heterocycles. The van der Waals surface area contributed by atoms with Crippen LogP contribution in [0.4, 0.5) is 5.69 Å². The predicted molar refractivity (Wildman–Crippen MR) is 127 cm³/mol. The van der Waals surface area contributed by atoms with E-state index in [1.54, 1.807) is 7.11 Å². The number of nitrogens with zero attached hydrogens (tertiary/aromatic N) is 1. The number of benzene rings is 3. The number of halogens is 1. The molecule has 1 atom stereocenters. The number of anilines is 1. The molecule has 2 nitrogen and oxygen atoms in total. The van der Waals surface area contributed by atoms with Crippen molar-refractivity contribution in [2.45, 2.75) is 32.9 Å².